The average Bonchev–Trinajstić information content (AvgIpc) is 3.58. The van der Waals surface area contributed by atoms with Gasteiger partial charge in [0.2, 0.25) is 0 Å². The monoisotopic (exact) mass is 558 g/mol. The molecule has 1 saturated carbocycles. The van der Waals surface area contributed by atoms with Gasteiger partial charge in [-0.1, -0.05) is 12.1 Å². The fourth-order valence-corrected chi connectivity index (χ4v) is 3.70. The van der Waals surface area contributed by atoms with Gasteiger partial charge in [0.25, 0.3) is 0 Å². The maximum Gasteiger partial charge on any atom is 0.461 e. The number of carbonyl (C=O) groups excluding carboxylic acids is 2. The van der Waals surface area contributed by atoms with Crippen LogP contribution in [0.5, 0.6) is 5.75 Å². The van der Waals surface area contributed by atoms with E-state index in [9.17, 15) is 49.1 Å². The van der Waals surface area contributed by atoms with E-state index in [4.69, 9.17) is 0 Å². The van der Waals surface area contributed by atoms with Gasteiger partial charge >= 0.3 is 30.7 Å². The molecule has 2 amide bonds. The molecule has 1 fully saturated rings. The van der Waals surface area contributed by atoms with E-state index in [2.05, 4.69) is 14.8 Å². The largest absolute Gasteiger partial charge is 0.469 e. The van der Waals surface area contributed by atoms with Crippen molar-refractivity contribution in [3.05, 3.63) is 65.2 Å². The number of urea groups is 1. The molecule has 6 nitrogen and oxygen atoms in total. The highest BCUT2D eigenvalue weighted by molar-refractivity contribution is 5.80. The number of carbonyl (C=O) groups is 2. The molecule has 0 radical (unpaired) electrons. The highest BCUT2D eigenvalue weighted by Crippen LogP contribution is 2.49. The summed E-state index contributed by atoms with van der Waals surface area (Å²) in [5, 5.41) is 3.87. The van der Waals surface area contributed by atoms with Gasteiger partial charge in [-0.25, -0.2) is 13.6 Å². The number of amides is 2. The van der Waals surface area contributed by atoms with E-state index in [1.807, 2.05) is 0 Å². The summed E-state index contributed by atoms with van der Waals surface area (Å²) in [5.41, 5.74) is -5.80. The van der Waals surface area contributed by atoms with Crippen LogP contribution in [0.1, 0.15) is 30.4 Å². The molecule has 0 aliphatic heterocycles. The second-order valence-electron chi connectivity index (χ2n) is 8.46. The molecule has 0 saturated heterocycles. The van der Waals surface area contributed by atoms with Crippen molar-refractivity contribution in [2.45, 2.75) is 49.1 Å². The predicted octanol–water partition coefficient (Wildman–Crippen LogP) is 5.40. The number of methoxy groups -OCH3 is 1. The number of esters is 1. The summed E-state index contributed by atoms with van der Waals surface area (Å²) in [5.74, 6) is -4.48. The molecular formula is C23H19F9N2O4. The molecule has 15 heteroatoms. The molecule has 1 unspecified atom stereocenters. The molecule has 0 heterocycles. The number of rotatable bonds is 9. The molecule has 1 aliphatic carbocycles. The molecule has 1 aliphatic rings. The summed E-state index contributed by atoms with van der Waals surface area (Å²) in [6.45, 7) is 0. The minimum absolute atomic E-state index is 0.228. The van der Waals surface area contributed by atoms with E-state index in [1.54, 1.807) is 5.32 Å². The van der Waals surface area contributed by atoms with Crippen molar-refractivity contribution in [2.75, 3.05) is 7.11 Å². The van der Waals surface area contributed by atoms with E-state index >= 15 is 0 Å². The average molecular weight is 558 g/mol. The van der Waals surface area contributed by atoms with Crippen LogP contribution in [0.25, 0.3) is 0 Å². The lowest BCUT2D eigenvalue weighted by molar-refractivity contribution is -0.253. The summed E-state index contributed by atoms with van der Waals surface area (Å²) in [4.78, 5) is 25.2. The molecule has 2 aromatic rings. The molecule has 208 valence electrons. The van der Waals surface area contributed by atoms with Crippen LogP contribution in [-0.2, 0) is 15.1 Å². The van der Waals surface area contributed by atoms with Crippen molar-refractivity contribution in [2.24, 2.45) is 0 Å². The van der Waals surface area contributed by atoms with Gasteiger partial charge in [-0.3, -0.25) is 4.79 Å². The summed E-state index contributed by atoms with van der Waals surface area (Å²) < 4.78 is 129. The summed E-state index contributed by atoms with van der Waals surface area (Å²) in [6.07, 6.45) is -16.2. The number of hydrogen-bond acceptors (Lipinski definition) is 4. The lowest BCUT2D eigenvalue weighted by atomic mass is 9.79. The van der Waals surface area contributed by atoms with Crippen molar-refractivity contribution in [3.8, 4) is 5.75 Å². The van der Waals surface area contributed by atoms with Gasteiger partial charge in [0, 0.05) is 6.07 Å². The van der Waals surface area contributed by atoms with E-state index in [-0.39, 0.29) is 5.56 Å². The third-order valence-electron chi connectivity index (χ3n) is 5.82. The number of halogens is 9. The quantitative estimate of drug-likeness (QED) is 0.319. The van der Waals surface area contributed by atoms with Crippen LogP contribution in [0.2, 0.25) is 0 Å². The van der Waals surface area contributed by atoms with E-state index in [0.29, 0.717) is 18.2 Å². The first-order chi connectivity index (χ1) is 17.5. The van der Waals surface area contributed by atoms with Crippen LogP contribution in [-0.4, -0.2) is 43.4 Å². The Morgan fingerprint density at radius 1 is 0.947 bits per heavy atom. The minimum Gasteiger partial charge on any atom is -0.469 e. The molecule has 2 N–H and O–H groups in total. The zero-order chi connectivity index (χ0) is 28.5. The summed E-state index contributed by atoms with van der Waals surface area (Å²) in [6, 6.07) is 3.58. The molecule has 3 rings (SSSR count). The smallest absolute Gasteiger partial charge is 0.461 e. The fraction of sp³-hybridized carbons (Fsp3) is 0.391. The van der Waals surface area contributed by atoms with Crippen LogP contribution in [0.15, 0.2) is 42.5 Å². The topological polar surface area (TPSA) is 76.7 Å². The number of hydrogen-bond donors (Lipinski definition) is 2. The highest BCUT2D eigenvalue weighted by atomic mass is 19.4. The molecule has 0 spiro atoms. The fourth-order valence-electron chi connectivity index (χ4n) is 3.70. The molecule has 0 bridgehead atoms. The van der Waals surface area contributed by atoms with Crippen molar-refractivity contribution in [3.63, 3.8) is 0 Å². The predicted molar refractivity (Wildman–Crippen MR) is 111 cm³/mol. The molecule has 1 atom stereocenters. The molecular weight excluding hydrogens is 539 g/mol. The number of ether oxygens (including phenoxy) is 2. The molecule has 0 aromatic heterocycles. The second kappa shape index (κ2) is 10.3. The second-order valence-corrected chi connectivity index (χ2v) is 8.46. The number of alkyl halides is 7. The zero-order valence-corrected chi connectivity index (χ0v) is 19.3. The SMILES string of the molecule is COC(=O)CC(NC(=O)NC1(C(F)(F)F)CC1)(c1ccc(F)cc1)c1cc(F)cc(OC(F)(F)C(F)F)c1. The Morgan fingerprint density at radius 2 is 1.55 bits per heavy atom. The third kappa shape index (κ3) is 6.07. The Morgan fingerprint density at radius 3 is 2.05 bits per heavy atom. The number of benzene rings is 2. The van der Waals surface area contributed by atoms with Gasteiger partial charge in [0.1, 0.15) is 28.5 Å². The first-order valence-electron chi connectivity index (χ1n) is 10.7. The van der Waals surface area contributed by atoms with Crippen molar-refractivity contribution >= 4 is 12.0 Å². The first-order valence-corrected chi connectivity index (χ1v) is 10.7. The Hall–Kier alpha value is -3.65. The van der Waals surface area contributed by atoms with Crippen LogP contribution >= 0.6 is 0 Å². The summed E-state index contributed by atoms with van der Waals surface area (Å²) in [7, 11) is 0.907. The van der Waals surface area contributed by atoms with Crippen molar-refractivity contribution in [1.29, 1.82) is 0 Å². The van der Waals surface area contributed by atoms with Crippen LogP contribution in [0, 0.1) is 11.6 Å². The van der Waals surface area contributed by atoms with Gasteiger partial charge in [0.15, 0.2) is 0 Å². The zero-order valence-electron chi connectivity index (χ0n) is 19.3. The first kappa shape index (κ1) is 28.9. The normalized spacial score (nSPS) is 16.4. The Kier molecular flexibility index (Phi) is 7.80. The van der Waals surface area contributed by atoms with E-state index in [1.165, 1.54) is 0 Å². The lowest BCUT2D eigenvalue weighted by Gasteiger charge is -2.36. The summed E-state index contributed by atoms with van der Waals surface area (Å²) >= 11 is 0. The molecule has 38 heavy (non-hydrogen) atoms. The maximum atomic E-state index is 14.5. The van der Waals surface area contributed by atoms with Gasteiger partial charge in [-0.2, -0.15) is 30.7 Å². The van der Waals surface area contributed by atoms with Gasteiger partial charge < -0.3 is 20.1 Å². The van der Waals surface area contributed by atoms with Gasteiger partial charge in [0.05, 0.1) is 13.5 Å². The lowest BCUT2D eigenvalue weighted by Crippen LogP contribution is -2.57. The standard InChI is InChI=1S/C23H19F9N2O4/c1-37-17(35)11-21(12-2-4-14(24)5-3-12,34-19(36)33-20(6-7-20)23(30,31)32)13-8-15(25)10-16(9-13)38-22(28,29)18(26)27/h2-5,8-10,18H,6-7,11H2,1H3,(H2,33,34,36). The maximum absolute atomic E-state index is 14.5. The third-order valence-corrected chi connectivity index (χ3v) is 5.82. The number of nitrogens with one attached hydrogen (secondary N) is 2. The Labute approximate surface area is 209 Å². The Bertz CT molecular complexity index is 1180. The van der Waals surface area contributed by atoms with Crippen LogP contribution in [0.4, 0.5) is 44.3 Å². The van der Waals surface area contributed by atoms with E-state index in [0.717, 1.165) is 31.4 Å². The molecule has 2 aromatic carbocycles. The van der Waals surface area contributed by atoms with Crippen molar-refractivity contribution in [1.82, 2.24) is 10.6 Å². The minimum atomic E-state index is -5.08. The van der Waals surface area contributed by atoms with Crippen molar-refractivity contribution < 1.29 is 58.6 Å². The highest BCUT2D eigenvalue weighted by Gasteiger charge is 2.64. The van der Waals surface area contributed by atoms with Crippen LogP contribution in [0.3, 0.4) is 0 Å². The van der Waals surface area contributed by atoms with Crippen LogP contribution < -0.4 is 15.4 Å². The van der Waals surface area contributed by atoms with Gasteiger partial charge in [-0.15, -0.1) is 0 Å². The Balaban J connectivity index is 2.17. The van der Waals surface area contributed by atoms with Gasteiger partial charge in [-0.05, 0) is 48.2 Å². The van der Waals surface area contributed by atoms with E-state index < -0.39 is 84.0 Å².